The van der Waals surface area contributed by atoms with E-state index >= 15 is 0 Å². The lowest BCUT2D eigenvalue weighted by Gasteiger charge is -2.18. The second kappa shape index (κ2) is 4.72. The van der Waals surface area contributed by atoms with Crippen molar-refractivity contribution in [2.75, 3.05) is 18.5 Å². The number of carbonyl (C=O) groups is 1. The van der Waals surface area contributed by atoms with E-state index in [9.17, 15) is 4.79 Å². The number of anilines is 1. The first-order valence-corrected chi connectivity index (χ1v) is 4.97. The maximum Gasteiger partial charge on any atom is 0.268 e. The molecule has 0 fully saturated rings. The van der Waals surface area contributed by atoms with Gasteiger partial charge in [-0.25, -0.2) is 9.97 Å². The molecule has 0 aliphatic heterocycles. The Morgan fingerprint density at radius 2 is 2.20 bits per heavy atom. The van der Waals surface area contributed by atoms with Crippen molar-refractivity contribution < 1.29 is 4.79 Å². The molecule has 1 rings (SSSR count). The Morgan fingerprint density at radius 3 is 2.67 bits per heavy atom. The molecule has 0 spiro atoms. The Morgan fingerprint density at radius 1 is 1.53 bits per heavy atom. The van der Waals surface area contributed by atoms with Crippen LogP contribution in [0.25, 0.3) is 0 Å². The lowest BCUT2D eigenvalue weighted by atomic mass is 10.3. The van der Waals surface area contributed by atoms with Crippen molar-refractivity contribution >= 4 is 11.7 Å². The average molecular weight is 208 g/mol. The molecule has 2 N–H and O–H groups in total. The van der Waals surface area contributed by atoms with Crippen LogP contribution in [0.1, 0.15) is 30.0 Å². The van der Waals surface area contributed by atoms with E-state index in [4.69, 9.17) is 5.73 Å². The molecule has 1 aromatic heterocycles. The van der Waals surface area contributed by atoms with Gasteiger partial charge >= 0.3 is 0 Å². The van der Waals surface area contributed by atoms with Crippen molar-refractivity contribution in [3.05, 3.63) is 17.6 Å². The summed E-state index contributed by atoms with van der Waals surface area (Å²) in [7, 11) is 1.94. The maximum atomic E-state index is 10.9. The molecule has 0 saturated carbocycles. The lowest BCUT2D eigenvalue weighted by molar-refractivity contribution is 0.0995. The number of aromatic nitrogens is 2. The van der Waals surface area contributed by atoms with E-state index < -0.39 is 5.91 Å². The zero-order valence-electron chi connectivity index (χ0n) is 9.32. The molecule has 0 saturated heterocycles. The Balaban J connectivity index is 3.14. The standard InChI is InChI=1S/C10H16N4O/c1-4-7-10(14(3)5-2)12-6-8(13-7)9(11)15/h6H,4-5H2,1-3H3,(H2,11,15). The highest BCUT2D eigenvalue weighted by molar-refractivity contribution is 5.90. The van der Waals surface area contributed by atoms with Gasteiger partial charge < -0.3 is 10.6 Å². The number of hydrogen-bond donors (Lipinski definition) is 1. The molecule has 1 amide bonds. The fraction of sp³-hybridized carbons (Fsp3) is 0.500. The van der Waals surface area contributed by atoms with Crippen LogP contribution < -0.4 is 10.6 Å². The molecule has 1 heterocycles. The summed E-state index contributed by atoms with van der Waals surface area (Å²) in [5, 5.41) is 0. The van der Waals surface area contributed by atoms with Crippen LogP contribution >= 0.6 is 0 Å². The molecule has 0 atom stereocenters. The number of primary amides is 1. The zero-order valence-corrected chi connectivity index (χ0v) is 9.32. The normalized spacial score (nSPS) is 10.1. The highest BCUT2D eigenvalue weighted by Crippen LogP contribution is 2.14. The number of amides is 1. The molecule has 15 heavy (non-hydrogen) atoms. The van der Waals surface area contributed by atoms with Crippen LogP contribution in [0.15, 0.2) is 6.20 Å². The van der Waals surface area contributed by atoms with Gasteiger partial charge in [0, 0.05) is 13.6 Å². The minimum atomic E-state index is -0.539. The number of carbonyl (C=O) groups excluding carboxylic acids is 1. The molecule has 5 nitrogen and oxygen atoms in total. The largest absolute Gasteiger partial charge is 0.364 e. The van der Waals surface area contributed by atoms with Gasteiger partial charge in [-0.2, -0.15) is 0 Å². The van der Waals surface area contributed by atoms with E-state index in [1.54, 1.807) is 0 Å². The smallest absolute Gasteiger partial charge is 0.268 e. The van der Waals surface area contributed by atoms with Gasteiger partial charge in [-0.1, -0.05) is 6.92 Å². The molecule has 0 unspecified atom stereocenters. The van der Waals surface area contributed by atoms with Crippen molar-refractivity contribution in [3.8, 4) is 0 Å². The molecular formula is C10H16N4O. The van der Waals surface area contributed by atoms with E-state index in [0.29, 0.717) is 0 Å². The minimum Gasteiger partial charge on any atom is -0.364 e. The van der Waals surface area contributed by atoms with Crippen molar-refractivity contribution in [2.24, 2.45) is 5.73 Å². The van der Waals surface area contributed by atoms with Gasteiger partial charge in [0.1, 0.15) is 11.5 Å². The quantitative estimate of drug-likeness (QED) is 0.786. The molecule has 0 bridgehead atoms. The summed E-state index contributed by atoms with van der Waals surface area (Å²) >= 11 is 0. The molecule has 1 aromatic rings. The Bertz CT molecular complexity index is 364. The topological polar surface area (TPSA) is 72.1 Å². The number of nitrogens with zero attached hydrogens (tertiary/aromatic N) is 3. The Hall–Kier alpha value is -1.65. The van der Waals surface area contributed by atoms with Gasteiger partial charge in [-0.3, -0.25) is 4.79 Å². The predicted molar refractivity (Wildman–Crippen MR) is 58.9 cm³/mol. The fourth-order valence-corrected chi connectivity index (χ4v) is 1.25. The van der Waals surface area contributed by atoms with Crippen LogP contribution in [0.5, 0.6) is 0 Å². The molecule has 82 valence electrons. The fourth-order valence-electron chi connectivity index (χ4n) is 1.25. The third-order valence-corrected chi connectivity index (χ3v) is 2.25. The number of aryl methyl sites for hydroxylation is 1. The van der Waals surface area contributed by atoms with Gasteiger partial charge in [0.25, 0.3) is 5.91 Å². The van der Waals surface area contributed by atoms with Crippen LogP contribution in [0.2, 0.25) is 0 Å². The van der Waals surface area contributed by atoms with E-state index in [1.165, 1.54) is 6.20 Å². The van der Waals surface area contributed by atoms with Gasteiger partial charge in [0.15, 0.2) is 0 Å². The van der Waals surface area contributed by atoms with E-state index in [2.05, 4.69) is 9.97 Å². The van der Waals surface area contributed by atoms with Crippen LogP contribution in [0.4, 0.5) is 5.82 Å². The summed E-state index contributed by atoms with van der Waals surface area (Å²) in [6.45, 7) is 4.85. The lowest BCUT2D eigenvalue weighted by Crippen LogP contribution is -2.22. The summed E-state index contributed by atoms with van der Waals surface area (Å²) < 4.78 is 0. The molecule has 5 heteroatoms. The van der Waals surface area contributed by atoms with Crippen LogP contribution in [0, 0.1) is 0 Å². The zero-order chi connectivity index (χ0) is 11.4. The summed E-state index contributed by atoms with van der Waals surface area (Å²) in [5.74, 6) is 0.271. The van der Waals surface area contributed by atoms with Crippen LogP contribution in [-0.2, 0) is 6.42 Å². The highest BCUT2D eigenvalue weighted by Gasteiger charge is 2.11. The van der Waals surface area contributed by atoms with E-state index in [0.717, 1.165) is 24.5 Å². The van der Waals surface area contributed by atoms with Crippen LogP contribution in [0.3, 0.4) is 0 Å². The summed E-state index contributed by atoms with van der Waals surface area (Å²) in [6, 6.07) is 0. The van der Waals surface area contributed by atoms with Gasteiger partial charge in [-0.15, -0.1) is 0 Å². The summed E-state index contributed by atoms with van der Waals surface area (Å²) in [6.07, 6.45) is 2.15. The summed E-state index contributed by atoms with van der Waals surface area (Å²) in [4.78, 5) is 21.3. The minimum absolute atomic E-state index is 0.222. The average Bonchev–Trinajstić information content (AvgIpc) is 2.27. The van der Waals surface area contributed by atoms with Gasteiger partial charge in [0.2, 0.25) is 0 Å². The first-order valence-electron chi connectivity index (χ1n) is 4.97. The first kappa shape index (κ1) is 11.4. The third-order valence-electron chi connectivity index (χ3n) is 2.25. The molecule has 0 aliphatic carbocycles. The third kappa shape index (κ3) is 2.43. The number of rotatable bonds is 4. The molecule has 0 aliphatic rings. The molecule has 0 aromatic carbocycles. The Kier molecular flexibility index (Phi) is 3.60. The first-order chi connectivity index (χ1) is 7.10. The van der Waals surface area contributed by atoms with Crippen molar-refractivity contribution in [2.45, 2.75) is 20.3 Å². The van der Waals surface area contributed by atoms with Gasteiger partial charge in [0.05, 0.1) is 11.9 Å². The molecule has 0 radical (unpaired) electrons. The summed E-state index contributed by atoms with van der Waals surface area (Å²) in [5.41, 5.74) is 6.16. The van der Waals surface area contributed by atoms with Crippen molar-refractivity contribution in [3.63, 3.8) is 0 Å². The Labute approximate surface area is 89.3 Å². The van der Waals surface area contributed by atoms with Crippen molar-refractivity contribution in [1.29, 1.82) is 0 Å². The second-order valence-corrected chi connectivity index (χ2v) is 3.26. The monoisotopic (exact) mass is 208 g/mol. The number of nitrogens with two attached hydrogens (primary N) is 1. The number of hydrogen-bond acceptors (Lipinski definition) is 4. The molecular weight excluding hydrogens is 192 g/mol. The van der Waals surface area contributed by atoms with Crippen LogP contribution in [-0.4, -0.2) is 29.5 Å². The van der Waals surface area contributed by atoms with E-state index in [-0.39, 0.29) is 5.69 Å². The maximum absolute atomic E-state index is 10.9. The predicted octanol–water partition coefficient (Wildman–Crippen LogP) is 0.594. The SMILES string of the molecule is CCc1nc(C(N)=O)cnc1N(C)CC. The van der Waals surface area contributed by atoms with Gasteiger partial charge in [-0.05, 0) is 13.3 Å². The van der Waals surface area contributed by atoms with E-state index in [1.807, 2.05) is 25.8 Å². The highest BCUT2D eigenvalue weighted by atomic mass is 16.1. The second-order valence-electron chi connectivity index (χ2n) is 3.26. The van der Waals surface area contributed by atoms with Crippen molar-refractivity contribution in [1.82, 2.24) is 9.97 Å².